The summed E-state index contributed by atoms with van der Waals surface area (Å²) in [5.41, 5.74) is 2.08. The van der Waals surface area contributed by atoms with Crippen LogP contribution < -0.4 is 4.74 Å². The fraction of sp³-hybridized carbons (Fsp3) is 0.391. The lowest BCUT2D eigenvalue weighted by Crippen LogP contribution is -1.95. The van der Waals surface area contributed by atoms with Gasteiger partial charge < -0.3 is 14.2 Å². The second-order valence-electron chi connectivity index (χ2n) is 6.92. The summed E-state index contributed by atoms with van der Waals surface area (Å²) in [6, 6.07) is 14.2. The third-order valence-electron chi connectivity index (χ3n) is 4.79. The summed E-state index contributed by atoms with van der Waals surface area (Å²) in [6.45, 7) is 2.23. The molecule has 5 heteroatoms. The van der Waals surface area contributed by atoms with E-state index in [0.717, 1.165) is 45.3 Å². The molecule has 1 heterocycles. The lowest BCUT2D eigenvalue weighted by molar-refractivity contribution is 0.403. The van der Waals surface area contributed by atoms with E-state index in [9.17, 15) is 4.89 Å². The van der Waals surface area contributed by atoms with Gasteiger partial charge in [0.05, 0.1) is 12.0 Å². The number of hydrogen-bond acceptors (Lipinski definition) is 4. The molecule has 0 aliphatic carbocycles. The average molecular weight is 417 g/mol. The van der Waals surface area contributed by atoms with Gasteiger partial charge in [-0.25, -0.2) is 0 Å². The first kappa shape index (κ1) is 21.2. The predicted molar refractivity (Wildman–Crippen MR) is 120 cm³/mol. The van der Waals surface area contributed by atoms with Gasteiger partial charge in [0.1, 0.15) is 11.5 Å². The Morgan fingerprint density at radius 3 is 2.57 bits per heavy atom. The number of ether oxygens (including phenoxy) is 1. The summed E-state index contributed by atoms with van der Waals surface area (Å²) in [4.78, 5) is 12.7. The molecule has 28 heavy (non-hydrogen) atoms. The van der Waals surface area contributed by atoms with Gasteiger partial charge in [0, 0.05) is 16.6 Å². The summed E-state index contributed by atoms with van der Waals surface area (Å²) < 4.78 is 11.7. The summed E-state index contributed by atoms with van der Waals surface area (Å²) in [5.74, 6) is 1.55. The second kappa shape index (κ2) is 10.9. The van der Waals surface area contributed by atoms with Gasteiger partial charge in [-0.2, -0.15) is 0 Å². The first-order valence-corrected chi connectivity index (χ1v) is 12.2. The van der Waals surface area contributed by atoms with Crippen molar-refractivity contribution in [2.75, 3.05) is 13.3 Å². The zero-order chi connectivity index (χ0) is 19.8. The molecule has 0 amide bonds. The van der Waals surface area contributed by atoms with Crippen LogP contribution in [0.15, 0.2) is 52.3 Å². The maximum Gasteiger partial charge on any atom is 0.227 e. The quantitative estimate of drug-likeness (QED) is 0.325. The van der Waals surface area contributed by atoms with E-state index in [1.165, 1.54) is 25.7 Å². The number of methoxy groups -OCH3 is 1. The number of fused-ring (bicyclic) bond motifs is 2. The van der Waals surface area contributed by atoms with Crippen molar-refractivity contribution >= 4 is 32.0 Å². The highest BCUT2D eigenvalue weighted by molar-refractivity contribution is 7.99. The second-order valence-corrected chi connectivity index (χ2v) is 9.31. The molecule has 2 aromatic rings. The summed E-state index contributed by atoms with van der Waals surface area (Å²) in [7, 11) is 0.203. The van der Waals surface area contributed by atoms with Crippen molar-refractivity contribution in [3.05, 3.63) is 53.6 Å². The van der Waals surface area contributed by atoms with Gasteiger partial charge >= 0.3 is 0 Å². The van der Waals surface area contributed by atoms with Crippen molar-refractivity contribution in [1.29, 1.82) is 0 Å². The van der Waals surface area contributed by atoms with E-state index in [0.29, 0.717) is 6.16 Å². The van der Waals surface area contributed by atoms with Crippen LogP contribution in [0.4, 0.5) is 0 Å². The highest BCUT2D eigenvalue weighted by atomic mass is 32.2. The van der Waals surface area contributed by atoms with Crippen LogP contribution in [-0.4, -0.2) is 18.2 Å². The van der Waals surface area contributed by atoms with E-state index >= 15 is 0 Å². The third kappa shape index (κ3) is 5.53. The van der Waals surface area contributed by atoms with E-state index < -0.39 is 8.38 Å². The maximum atomic E-state index is 10.6. The summed E-state index contributed by atoms with van der Waals surface area (Å²) in [5, 5.41) is 0. The van der Waals surface area contributed by atoms with Gasteiger partial charge in [0.25, 0.3) is 0 Å². The molecule has 0 saturated carbocycles. The Kier molecular flexibility index (Phi) is 8.27. The number of unbranched alkanes of at least 4 members (excludes halogenated alkanes) is 5. The van der Waals surface area contributed by atoms with Crippen LogP contribution in [0.3, 0.4) is 0 Å². The molecule has 0 bridgehead atoms. The fourth-order valence-electron chi connectivity index (χ4n) is 3.26. The van der Waals surface area contributed by atoms with E-state index in [-0.39, 0.29) is 0 Å². The molecular formula is C23H29O3PS. The van der Waals surface area contributed by atoms with Crippen molar-refractivity contribution in [3.8, 4) is 5.75 Å². The Hall–Kier alpha value is -1.48. The SMILES string of the molecule is CCCCCCCCP(O)OC1=Cc2ccccc2Sc2c(OC)cccc21. The first-order valence-electron chi connectivity index (χ1n) is 10.0. The standard InChI is InChI=1S/C23H29O3PS/c1-3-4-5-6-7-10-16-27(24)26-21-17-18-12-8-9-15-22(18)28-23-19(21)13-11-14-20(23)25-2/h8-9,11-15,17,24H,3-7,10,16H2,1-2H3. The topological polar surface area (TPSA) is 38.7 Å². The molecule has 1 atom stereocenters. The molecular weight excluding hydrogens is 387 g/mol. The Morgan fingerprint density at radius 2 is 1.75 bits per heavy atom. The molecule has 0 radical (unpaired) electrons. The van der Waals surface area contributed by atoms with Crippen molar-refractivity contribution in [2.24, 2.45) is 0 Å². The van der Waals surface area contributed by atoms with Crippen molar-refractivity contribution in [3.63, 3.8) is 0 Å². The van der Waals surface area contributed by atoms with Crippen LogP contribution in [0.25, 0.3) is 11.8 Å². The predicted octanol–water partition coefficient (Wildman–Crippen LogP) is 7.34. The smallest absolute Gasteiger partial charge is 0.227 e. The van der Waals surface area contributed by atoms with Crippen LogP contribution in [0, 0.1) is 0 Å². The molecule has 1 aliphatic heterocycles. The maximum absolute atomic E-state index is 10.6. The Labute approximate surface area is 174 Å². The van der Waals surface area contributed by atoms with Crippen LogP contribution in [-0.2, 0) is 4.52 Å². The van der Waals surface area contributed by atoms with Crippen molar-refractivity contribution in [1.82, 2.24) is 0 Å². The molecule has 0 saturated heterocycles. The lowest BCUT2D eigenvalue weighted by atomic mass is 10.1. The third-order valence-corrected chi connectivity index (χ3v) is 7.11. The normalized spacial score (nSPS) is 13.8. The molecule has 0 fully saturated rings. The molecule has 2 aromatic carbocycles. The highest BCUT2D eigenvalue weighted by Gasteiger charge is 2.22. The molecule has 150 valence electrons. The van der Waals surface area contributed by atoms with Crippen LogP contribution >= 0.6 is 20.1 Å². The molecule has 0 aromatic heterocycles. The lowest BCUT2D eigenvalue weighted by Gasteiger charge is -2.17. The van der Waals surface area contributed by atoms with E-state index in [4.69, 9.17) is 9.26 Å². The van der Waals surface area contributed by atoms with Gasteiger partial charge in [0.2, 0.25) is 8.38 Å². The Balaban J connectivity index is 1.75. The van der Waals surface area contributed by atoms with Gasteiger partial charge in [0.15, 0.2) is 0 Å². The van der Waals surface area contributed by atoms with Gasteiger partial charge in [-0.1, -0.05) is 75.1 Å². The minimum absolute atomic E-state index is 0.715. The van der Waals surface area contributed by atoms with Crippen LogP contribution in [0.5, 0.6) is 5.75 Å². The van der Waals surface area contributed by atoms with E-state index in [1.54, 1.807) is 18.9 Å². The summed E-state index contributed by atoms with van der Waals surface area (Å²) in [6.07, 6.45) is 10.0. The minimum Gasteiger partial charge on any atom is -0.496 e. The first-order chi connectivity index (χ1) is 13.7. The summed E-state index contributed by atoms with van der Waals surface area (Å²) >= 11 is 1.68. The van der Waals surface area contributed by atoms with Gasteiger partial charge in [-0.05, 0) is 36.3 Å². The molecule has 3 nitrogen and oxygen atoms in total. The van der Waals surface area contributed by atoms with Crippen LogP contribution in [0.2, 0.25) is 0 Å². The Bertz CT molecular complexity index is 806. The minimum atomic E-state index is -1.49. The van der Waals surface area contributed by atoms with E-state index in [2.05, 4.69) is 19.1 Å². The van der Waals surface area contributed by atoms with E-state index in [1.807, 2.05) is 36.4 Å². The number of benzene rings is 2. The van der Waals surface area contributed by atoms with Crippen molar-refractivity contribution in [2.45, 2.75) is 55.2 Å². The molecule has 3 rings (SSSR count). The molecule has 0 spiro atoms. The zero-order valence-electron chi connectivity index (χ0n) is 16.7. The monoisotopic (exact) mass is 416 g/mol. The van der Waals surface area contributed by atoms with Crippen LogP contribution in [0.1, 0.15) is 56.6 Å². The molecule has 1 N–H and O–H groups in total. The largest absolute Gasteiger partial charge is 0.496 e. The highest BCUT2D eigenvalue weighted by Crippen LogP contribution is 2.48. The number of rotatable bonds is 10. The molecule has 1 aliphatic rings. The fourth-order valence-corrected chi connectivity index (χ4v) is 5.37. The average Bonchev–Trinajstić information content (AvgIpc) is 2.87. The number of hydrogen-bond donors (Lipinski definition) is 1. The van der Waals surface area contributed by atoms with Crippen molar-refractivity contribution < 1.29 is 14.2 Å². The van der Waals surface area contributed by atoms with Gasteiger partial charge in [-0.15, -0.1) is 0 Å². The Morgan fingerprint density at radius 1 is 0.964 bits per heavy atom. The molecule has 1 unspecified atom stereocenters. The zero-order valence-corrected chi connectivity index (χ0v) is 18.4. The van der Waals surface area contributed by atoms with Gasteiger partial charge in [-0.3, -0.25) is 0 Å².